The number of benzene rings is 2. The van der Waals surface area contributed by atoms with Crippen molar-refractivity contribution in [2.45, 2.75) is 26.8 Å². The number of sulfonamides is 1. The molecule has 2 aromatic rings. The Kier molecular flexibility index (Phi) is 5.85. The Morgan fingerprint density at radius 1 is 1.00 bits per heavy atom. The fraction of sp³-hybridized carbons (Fsp3) is 0.316. The second kappa shape index (κ2) is 7.70. The molecule has 0 saturated heterocycles. The summed E-state index contributed by atoms with van der Waals surface area (Å²) in [6.07, 6.45) is 1.10. The van der Waals surface area contributed by atoms with E-state index in [-0.39, 0.29) is 18.5 Å². The van der Waals surface area contributed by atoms with Crippen LogP contribution in [0.15, 0.2) is 48.5 Å². The van der Waals surface area contributed by atoms with Crippen LogP contribution < -0.4 is 9.62 Å². The molecule has 0 aliphatic rings. The molecule has 25 heavy (non-hydrogen) atoms. The minimum absolute atomic E-state index is 0.201. The van der Waals surface area contributed by atoms with Crippen LogP contribution in [0, 0.1) is 13.8 Å². The third-order valence-electron chi connectivity index (χ3n) is 3.96. The lowest BCUT2D eigenvalue weighted by molar-refractivity contribution is -0.120. The zero-order valence-corrected chi connectivity index (χ0v) is 15.8. The third kappa shape index (κ3) is 5.32. The summed E-state index contributed by atoms with van der Waals surface area (Å²) in [6.45, 7) is 5.54. The molecule has 0 heterocycles. The molecule has 1 amide bonds. The molecule has 0 fully saturated rings. The van der Waals surface area contributed by atoms with Gasteiger partial charge >= 0.3 is 0 Å². The van der Waals surface area contributed by atoms with E-state index in [4.69, 9.17) is 0 Å². The lowest BCUT2D eigenvalue weighted by Crippen LogP contribution is -2.41. The molecule has 6 heteroatoms. The highest BCUT2D eigenvalue weighted by atomic mass is 32.2. The lowest BCUT2D eigenvalue weighted by atomic mass is 10.1. The molecule has 0 radical (unpaired) electrons. The van der Waals surface area contributed by atoms with Crippen LogP contribution in [0.2, 0.25) is 0 Å². The van der Waals surface area contributed by atoms with Gasteiger partial charge in [-0.05, 0) is 38.5 Å². The molecule has 1 atom stereocenters. The predicted molar refractivity (Wildman–Crippen MR) is 101 cm³/mol. The average Bonchev–Trinajstić information content (AvgIpc) is 2.53. The van der Waals surface area contributed by atoms with Gasteiger partial charge in [0.1, 0.15) is 6.54 Å². The summed E-state index contributed by atoms with van der Waals surface area (Å²) in [6, 6.07) is 14.7. The Morgan fingerprint density at radius 3 is 1.96 bits per heavy atom. The van der Waals surface area contributed by atoms with Crippen LogP contribution >= 0.6 is 0 Å². The highest BCUT2D eigenvalue weighted by Gasteiger charge is 2.21. The SMILES string of the molecule is Cc1ccc([C@@H](C)NC(=O)CN(c2ccc(C)cc2)S(C)(=O)=O)cc1. The summed E-state index contributed by atoms with van der Waals surface area (Å²) in [7, 11) is -3.56. The van der Waals surface area contributed by atoms with Gasteiger partial charge in [0.2, 0.25) is 15.9 Å². The van der Waals surface area contributed by atoms with E-state index in [1.807, 2.05) is 57.2 Å². The fourth-order valence-electron chi connectivity index (χ4n) is 2.47. The highest BCUT2D eigenvalue weighted by Crippen LogP contribution is 2.18. The molecule has 0 saturated carbocycles. The van der Waals surface area contributed by atoms with Gasteiger partial charge in [0, 0.05) is 0 Å². The van der Waals surface area contributed by atoms with Crippen molar-refractivity contribution in [2.24, 2.45) is 0 Å². The number of aryl methyl sites for hydroxylation is 2. The average molecular weight is 360 g/mol. The zero-order chi connectivity index (χ0) is 18.6. The summed E-state index contributed by atoms with van der Waals surface area (Å²) in [4.78, 5) is 12.4. The van der Waals surface area contributed by atoms with E-state index in [2.05, 4.69) is 5.32 Å². The number of anilines is 1. The van der Waals surface area contributed by atoms with E-state index in [0.29, 0.717) is 5.69 Å². The second-order valence-electron chi connectivity index (χ2n) is 6.31. The lowest BCUT2D eigenvalue weighted by Gasteiger charge is -2.23. The maximum absolute atomic E-state index is 12.4. The Hall–Kier alpha value is -2.34. The van der Waals surface area contributed by atoms with Crippen LogP contribution in [0.4, 0.5) is 5.69 Å². The Morgan fingerprint density at radius 2 is 1.48 bits per heavy atom. The largest absolute Gasteiger partial charge is 0.348 e. The fourth-order valence-corrected chi connectivity index (χ4v) is 3.32. The van der Waals surface area contributed by atoms with Crippen LogP contribution in [-0.2, 0) is 14.8 Å². The number of nitrogens with zero attached hydrogens (tertiary/aromatic N) is 1. The number of rotatable bonds is 6. The zero-order valence-electron chi connectivity index (χ0n) is 15.0. The smallest absolute Gasteiger partial charge is 0.241 e. The normalized spacial score (nSPS) is 12.5. The van der Waals surface area contributed by atoms with Gasteiger partial charge in [-0.3, -0.25) is 9.10 Å². The Balaban J connectivity index is 2.12. The van der Waals surface area contributed by atoms with Crippen LogP contribution in [-0.4, -0.2) is 27.1 Å². The minimum Gasteiger partial charge on any atom is -0.348 e. The molecule has 0 aliphatic heterocycles. The van der Waals surface area contributed by atoms with Crippen molar-refractivity contribution in [1.82, 2.24) is 5.32 Å². The standard InChI is InChI=1S/C19H24N2O3S/c1-14-5-9-17(10-6-14)16(3)20-19(22)13-21(25(4,23)24)18-11-7-15(2)8-12-18/h5-12,16H,13H2,1-4H3,(H,20,22)/t16-/m1/s1. The van der Waals surface area contributed by atoms with E-state index < -0.39 is 10.0 Å². The van der Waals surface area contributed by atoms with E-state index in [0.717, 1.165) is 27.3 Å². The summed E-state index contributed by atoms with van der Waals surface area (Å²) >= 11 is 0. The van der Waals surface area contributed by atoms with Crippen LogP contribution in [0.3, 0.4) is 0 Å². The minimum atomic E-state index is -3.56. The number of carbonyl (C=O) groups is 1. The van der Waals surface area contributed by atoms with Gasteiger partial charge in [-0.1, -0.05) is 47.5 Å². The molecule has 0 unspecified atom stereocenters. The van der Waals surface area contributed by atoms with E-state index in [1.54, 1.807) is 12.1 Å². The first-order chi connectivity index (χ1) is 11.7. The van der Waals surface area contributed by atoms with Gasteiger partial charge in [0.15, 0.2) is 0 Å². The number of amides is 1. The molecule has 134 valence electrons. The van der Waals surface area contributed by atoms with Crippen molar-refractivity contribution in [3.05, 3.63) is 65.2 Å². The van der Waals surface area contributed by atoms with E-state index in [1.165, 1.54) is 0 Å². The number of carbonyl (C=O) groups excluding carboxylic acids is 1. The summed E-state index contributed by atoms with van der Waals surface area (Å²) in [5.74, 6) is -0.348. The van der Waals surface area contributed by atoms with Gasteiger partial charge in [-0.25, -0.2) is 8.42 Å². The van der Waals surface area contributed by atoms with Crippen LogP contribution in [0.1, 0.15) is 29.7 Å². The van der Waals surface area contributed by atoms with Gasteiger partial charge in [-0.2, -0.15) is 0 Å². The summed E-state index contributed by atoms with van der Waals surface area (Å²) in [5.41, 5.74) is 3.62. The molecular weight excluding hydrogens is 336 g/mol. The predicted octanol–water partition coefficient (Wildman–Crippen LogP) is 2.95. The maximum Gasteiger partial charge on any atom is 0.241 e. The highest BCUT2D eigenvalue weighted by molar-refractivity contribution is 7.92. The molecule has 0 aliphatic carbocycles. The van der Waals surface area contributed by atoms with Crippen LogP contribution in [0.25, 0.3) is 0 Å². The summed E-state index contributed by atoms with van der Waals surface area (Å²) in [5, 5.41) is 2.85. The summed E-state index contributed by atoms with van der Waals surface area (Å²) < 4.78 is 25.3. The Bertz CT molecular complexity index is 828. The van der Waals surface area contributed by atoms with Crippen molar-refractivity contribution < 1.29 is 13.2 Å². The molecule has 0 aromatic heterocycles. The van der Waals surface area contributed by atoms with Crippen molar-refractivity contribution in [1.29, 1.82) is 0 Å². The van der Waals surface area contributed by atoms with Crippen molar-refractivity contribution in [3.8, 4) is 0 Å². The topological polar surface area (TPSA) is 66.5 Å². The number of hydrogen-bond donors (Lipinski definition) is 1. The molecular formula is C19H24N2O3S. The Labute approximate surface area is 149 Å². The number of hydrogen-bond acceptors (Lipinski definition) is 3. The van der Waals surface area contributed by atoms with E-state index >= 15 is 0 Å². The molecule has 2 aromatic carbocycles. The first kappa shape index (κ1) is 19.0. The monoisotopic (exact) mass is 360 g/mol. The first-order valence-corrected chi connectivity index (χ1v) is 9.92. The third-order valence-corrected chi connectivity index (χ3v) is 5.10. The maximum atomic E-state index is 12.4. The van der Waals surface area contributed by atoms with Gasteiger partial charge < -0.3 is 5.32 Å². The van der Waals surface area contributed by atoms with Crippen molar-refractivity contribution in [3.63, 3.8) is 0 Å². The molecule has 0 bridgehead atoms. The molecule has 1 N–H and O–H groups in total. The number of nitrogens with one attached hydrogen (secondary N) is 1. The quantitative estimate of drug-likeness (QED) is 0.861. The first-order valence-electron chi connectivity index (χ1n) is 8.07. The second-order valence-corrected chi connectivity index (χ2v) is 8.21. The van der Waals surface area contributed by atoms with Gasteiger partial charge in [-0.15, -0.1) is 0 Å². The van der Waals surface area contributed by atoms with E-state index in [9.17, 15) is 13.2 Å². The van der Waals surface area contributed by atoms with Gasteiger partial charge in [0.25, 0.3) is 0 Å². The molecule has 0 spiro atoms. The van der Waals surface area contributed by atoms with Crippen molar-refractivity contribution >= 4 is 21.6 Å². The van der Waals surface area contributed by atoms with Crippen molar-refractivity contribution in [2.75, 3.05) is 17.1 Å². The molecule has 2 rings (SSSR count). The van der Waals surface area contributed by atoms with Gasteiger partial charge in [0.05, 0.1) is 18.0 Å². The molecule has 5 nitrogen and oxygen atoms in total. The van der Waals surface area contributed by atoms with Crippen LogP contribution in [0.5, 0.6) is 0 Å².